The monoisotopic (exact) mass is 246 g/mol. The second-order valence-electron chi connectivity index (χ2n) is 4.51. The fourth-order valence-corrected chi connectivity index (χ4v) is 2.58. The van der Waals surface area contributed by atoms with Crippen LogP contribution in [-0.4, -0.2) is 11.5 Å². The molecule has 2 rings (SSSR count). The number of hydrogen-bond donors (Lipinski definition) is 1. The first kappa shape index (κ1) is 12.3. The lowest BCUT2D eigenvalue weighted by Crippen LogP contribution is -2.08. The molecular weight excluding hydrogens is 228 g/mol. The van der Waals surface area contributed by atoms with Gasteiger partial charge in [-0.1, -0.05) is 19.1 Å². The van der Waals surface area contributed by atoms with Crippen LogP contribution < -0.4 is 5.73 Å². The molecular formula is C14H18N2S. The SMILES string of the molecule is Cc1ccc(-c2nc(C(C)CN)cs2)cc1C. The molecule has 1 heterocycles. The summed E-state index contributed by atoms with van der Waals surface area (Å²) in [5.74, 6) is 0.339. The van der Waals surface area contributed by atoms with Gasteiger partial charge in [-0.2, -0.15) is 0 Å². The van der Waals surface area contributed by atoms with Crippen LogP contribution in [-0.2, 0) is 0 Å². The molecule has 2 nitrogen and oxygen atoms in total. The Morgan fingerprint density at radius 1 is 1.29 bits per heavy atom. The van der Waals surface area contributed by atoms with Gasteiger partial charge < -0.3 is 5.73 Å². The number of nitrogens with two attached hydrogens (primary N) is 1. The highest BCUT2D eigenvalue weighted by atomic mass is 32.1. The zero-order valence-electron chi connectivity index (χ0n) is 10.5. The lowest BCUT2D eigenvalue weighted by Gasteiger charge is -2.04. The van der Waals surface area contributed by atoms with Gasteiger partial charge in [0.1, 0.15) is 5.01 Å². The van der Waals surface area contributed by atoms with Crippen molar-refractivity contribution >= 4 is 11.3 Å². The normalized spacial score (nSPS) is 12.7. The van der Waals surface area contributed by atoms with Crippen molar-refractivity contribution < 1.29 is 0 Å². The third-order valence-electron chi connectivity index (χ3n) is 3.13. The molecule has 90 valence electrons. The van der Waals surface area contributed by atoms with Gasteiger partial charge in [0.05, 0.1) is 5.69 Å². The fraction of sp³-hybridized carbons (Fsp3) is 0.357. The van der Waals surface area contributed by atoms with E-state index in [0.717, 1.165) is 10.7 Å². The van der Waals surface area contributed by atoms with Crippen molar-refractivity contribution in [3.63, 3.8) is 0 Å². The maximum atomic E-state index is 5.66. The first-order chi connectivity index (χ1) is 8.11. The van der Waals surface area contributed by atoms with E-state index in [9.17, 15) is 0 Å². The molecule has 17 heavy (non-hydrogen) atoms. The van der Waals surface area contributed by atoms with Gasteiger partial charge in [0.25, 0.3) is 0 Å². The summed E-state index contributed by atoms with van der Waals surface area (Å²) in [5, 5.41) is 3.20. The molecule has 3 heteroatoms. The molecule has 0 saturated carbocycles. The lowest BCUT2D eigenvalue weighted by atomic mass is 10.1. The number of benzene rings is 1. The Hall–Kier alpha value is -1.19. The van der Waals surface area contributed by atoms with Gasteiger partial charge in [-0.05, 0) is 31.0 Å². The van der Waals surface area contributed by atoms with Crippen LogP contribution in [0.4, 0.5) is 0 Å². The Bertz CT molecular complexity index is 517. The predicted molar refractivity (Wildman–Crippen MR) is 74.5 cm³/mol. The number of aromatic nitrogens is 1. The molecule has 0 radical (unpaired) electrons. The van der Waals surface area contributed by atoms with Crippen LogP contribution >= 0.6 is 11.3 Å². The molecule has 1 atom stereocenters. The second-order valence-corrected chi connectivity index (χ2v) is 5.37. The molecule has 0 aliphatic carbocycles. The minimum absolute atomic E-state index is 0.339. The fourth-order valence-electron chi connectivity index (χ4n) is 1.64. The number of aryl methyl sites for hydroxylation is 2. The molecule has 1 aromatic carbocycles. The van der Waals surface area contributed by atoms with Crippen LogP contribution in [0, 0.1) is 13.8 Å². The zero-order chi connectivity index (χ0) is 12.4. The molecule has 1 aromatic heterocycles. The van der Waals surface area contributed by atoms with Crippen LogP contribution in [0.3, 0.4) is 0 Å². The maximum absolute atomic E-state index is 5.66. The summed E-state index contributed by atoms with van der Waals surface area (Å²) in [7, 11) is 0. The minimum Gasteiger partial charge on any atom is -0.330 e. The van der Waals surface area contributed by atoms with Gasteiger partial charge in [0, 0.05) is 23.4 Å². The smallest absolute Gasteiger partial charge is 0.123 e. The average Bonchev–Trinajstić information content (AvgIpc) is 2.81. The van der Waals surface area contributed by atoms with Crippen molar-refractivity contribution in [3.8, 4) is 10.6 Å². The maximum Gasteiger partial charge on any atom is 0.123 e. The summed E-state index contributed by atoms with van der Waals surface area (Å²) in [6, 6.07) is 6.49. The van der Waals surface area contributed by atoms with Crippen LogP contribution in [0.1, 0.15) is 29.7 Å². The van der Waals surface area contributed by atoms with E-state index in [1.807, 2.05) is 0 Å². The highest BCUT2D eigenvalue weighted by molar-refractivity contribution is 7.13. The molecule has 1 unspecified atom stereocenters. The Morgan fingerprint density at radius 3 is 2.71 bits per heavy atom. The Morgan fingerprint density at radius 2 is 2.06 bits per heavy atom. The number of thiazole rings is 1. The first-order valence-corrected chi connectivity index (χ1v) is 6.73. The standard InChI is InChI=1S/C14H18N2S/c1-9-4-5-12(6-10(9)2)14-16-13(8-17-14)11(3)7-15/h4-6,8,11H,7,15H2,1-3H3. The van der Waals surface area contributed by atoms with E-state index in [4.69, 9.17) is 5.73 Å². The van der Waals surface area contributed by atoms with Crippen LogP contribution in [0.25, 0.3) is 10.6 Å². The summed E-state index contributed by atoms with van der Waals surface area (Å²) in [5.41, 5.74) is 10.6. The molecule has 0 amide bonds. The topological polar surface area (TPSA) is 38.9 Å². The predicted octanol–water partition coefficient (Wildman–Crippen LogP) is 3.49. The van der Waals surface area contributed by atoms with Crippen molar-refractivity contribution in [1.82, 2.24) is 4.98 Å². The third kappa shape index (κ3) is 2.56. The summed E-state index contributed by atoms with van der Waals surface area (Å²) in [4.78, 5) is 4.66. The Labute approximate surface area is 107 Å². The minimum atomic E-state index is 0.339. The van der Waals surface area contributed by atoms with Crippen LogP contribution in [0.15, 0.2) is 23.6 Å². The van der Waals surface area contributed by atoms with Gasteiger partial charge in [-0.25, -0.2) is 4.98 Å². The van der Waals surface area contributed by atoms with Gasteiger partial charge in [0.15, 0.2) is 0 Å². The molecule has 2 aromatic rings. The molecule has 2 N–H and O–H groups in total. The van der Waals surface area contributed by atoms with Crippen molar-refractivity contribution in [2.45, 2.75) is 26.7 Å². The van der Waals surface area contributed by atoms with Crippen LogP contribution in [0.2, 0.25) is 0 Å². The largest absolute Gasteiger partial charge is 0.330 e. The van der Waals surface area contributed by atoms with E-state index in [1.165, 1.54) is 16.7 Å². The summed E-state index contributed by atoms with van der Waals surface area (Å²) < 4.78 is 0. The van der Waals surface area contributed by atoms with Crippen molar-refractivity contribution in [3.05, 3.63) is 40.4 Å². The van der Waals surface area contributed by atoms with E-state index in [1.54, 1.807) is 11.3 Å². The molecule has 0 bridgehead atoms. The molecule has 0 aliphatic rings. The molecule has 0 saturated heterocycles. The molecule has 0 aliphatic heterocycles. The van der Waals surface area contributed by atoms with Gasteiger partial charge in [-0.15, -0.1) is 11.3 Å². The lowest BCUT2D eigenvalue weighted by molar-refractivity contribution is 0.752. The quantitative estimate of drug-likeness (QED) is 0.900. The van der Waals surface area contributed by atoms with Gasteiger partial charge in [-0.3, -0.25) is 0 Å². The molecule has 0 spiro atoms. The van der Waals surface area contributed by atoms with Gasteiger partial charge in [0.2, 0.25) is 0 Å². The summed E-state index contributed by atoms with van der Waals surface area (Å²) in [6.07, 6.45) is 0. The van der Waals surface area contributed by atoms with E-state index >= 15 is 0 Å². The Kier molecular flexibility index (Phi) is 3.60. The molecule has 0 fully saturated rings. The second kappa shape index (κ2) is 4.98. The van der Waals surface area contributed by atoms with Crippen molar-refractivity contribution in [2.75, 3.05) is 6.54 Å². The van der Waals surface area contributed by atoms with E-state index in [2.05, 4.69) is 49.3 Å². The van der Waals surface area contributed by atoms with E-state index in [0.29, 0.717) is 12.5 Å². The first-order valence-electron chi connectivity index (χ1n) is 5.85. The average molecular weight is 246 g/mol. The summed E-state index contributed by atoms with van der Waals surface area (Å²) in [6.45, 7) is 7.02. The number of hydrogen-bond acceptors (Lipinski definition) is 3. The van der Waals surface area contributed by atoms with Crippen molar-refractivity contribution in [1.29, 1.82) is 0 Å². The summed E-state index contributed by atoms with van der Waals surface area (Å²) >= 11 is 1.69. The Balaban J connectivity index is 2.33. The van der Waals surface area contributed by atoms with Crippen LogP contribution in [0.5, 0.6) is 0 Å². The highest BCUT2D eigenvalue weighted by Crippen LogP contribution is 2.27. The van der Waals surface area contributed by atoms with Gasteiger partial charge >= 0.3 is 0 Å². The highest BCUT2D eigenvalue weighted by Gasteiger charge is 2.10. The number of nitrogens with zero attached hydrogens (tertiary/aromatic N) is 1. The zero-order valence-corrected chi connectivity index (χ0v) is 11.3. The van der Waals surface area contributed by atoms with Crippen molar-refractivity contribution in [2.24, 2.45) is 5.73 Å². The van der Waals surface area contributed by atoms with E-state index in [-0.39, 0.29) is 0 Å². The van der Waals surface area contributed by atoms with E-state index < -0.39 is 0 Å². The number of rotatable bonds is 3. The third-order valence-corrected chi connectivity index (χ3v) is 4.04.